The summed E-state index contributed by atoms with van der Waals surface area (Å²) >= 11 is 0. The van der Waals surface area contributed by atoms with Crippen molar-refractivity contribution in [3.8, 4) is 0 Å². The second-order valence-corrected chi connectivity index (χ2v) is 6.61. The Kier molecular flexibility index (Phi) is 5.95. The molecular weight excluding hydrogens is 354 g/mol. The minimum atomic E-state index is -0.581. The maximum Gasteiger partial charge on any atom is 0.277 e. The maximum atomic E-state index is 14.1. The van der Waals surface area contributed by atoms with Crippen LogP contribution < -0.4 is 0 Å². The van der Waals surface area contributed by atoms with Crippen LogP contribution in [0, 0.1) is 11.6 Å². The lowest BCUT2D eigenvalue weighted by Crippen LogP contribution is -2.49. The van der Waals surface area contributed by atoms with Crippen LogP contribution in [0.5, 0.6) is 0 Å². The van der Waals surface area contributed by atoms with Crippen molar-refractivity contribution >= 4 is 12.2 Å². The van der Waals surface area contributed by atoms with Crippen LogP contribution in [0.4, 0.5) is 8.78 Å². The van der Waals surface area contributed by atoms with Crippen molar-refractivity contribution in [2.45, 2.75) is 19.3 Å². The van der Waals surface area contributed by atoms with Crippen LogP contribution >= 0.6 is 0 Å². The lowest BCUT2D eigenvalue weighted by molar-refractivity contribution is -0.109. The number of carbonyl (C=O) groups excluding carboxylic acids is 2. The number of aromatic nitrogens is 2. The third-order valence-electron chi connectivity index (χ3n) is 4.91. The van der Waals surface area contributed by atoms with Crippen LogP contribution in [0.1, 0.15) is 34.6 Å². The van der Waals surface area contributed by atoms with E-state index in [2.05, 4.69) is 15.1 Å². The van der Waals surface area contributed by atoms with E-state index in [1.54, 1.807) is 24.0 Å². The van der Waals surface area contributed by atoms with Crippen LogP contribution in [0.2, 0.25) is 0 Å². The van der Waals surface area contributed by atoms with Crippen LogP contribution in [0.15, 0.2) is 24.3 Å². The van der Waals surface area contributed by atoms with E-state index in [0.29, 0.717) is 44.8 Å². The van der Waals surface area contributed by atoms with Gasteiger partial charge in [0, 0.05) is 32.7 Å². The summed E-state index contributed by atoms with van der Waals surface area (Å²) in [5.74, 6) is -1.70. The van der Waals surface area contributed by atoms with E-state index in [4.69, 9.17) is 0 Å². The van der Waals surface area contributed by atoms with Crippen molar-refractivity contribution in [1.29, 1.82) is 0 Å². The van der Waals surface area contributed by atoms with Gasteiger partial charge in [0.2, 0.25) is 0 Å². The van der Waals surface area contributed by atoms with Gasteiger partial charge in [-0.3, -0.25) is 14.8 Å². The maximum absolute atomic E-state index is 14.1. The second-order valence-electron chi connectivity index (χ2n) is 6.61. The Balaban J connectivity index is 1.58. The molecule has 6 nitrogen and oxygen atoms in total. The Morgan fingerprint density at radius 3 is 2.44 bits per heavy atom. The standard InChI is InChI=1S/C19H22F2N4O2/c1-2-16-17(21)18(23-22-16)19(27)25-9-7-24(8-10-25)11-14(12-26)13-3-5-15(20)6-4-13/h3-6,12,14H,2,7-11H2,1H3,(H,22,23). The van der Waals surface area contributed by atoms with Crippen LogP contribution in [0.3, 0.4) is 0 Å². The van der Waals surface area contributed by atoms with Crippen LogP contribution in [-0.4, -0.2) is 64.9 Å². The molecule has 2 aromatic rings. The third-order valence-corrected chi connectivity index (χ3v) is 4.91. The highest BCUT2D eigenvalue weighted by Crippen LogP contribution is 2.18. The molecule has 0 radical (unpaired) electrons. The number of nitrogens with one attached hydrogen (secondary N) is 1. The summed E-state index contributed by atoms with van der Waals surface area (Å²) in [5.41, 5.74) is 0.915. The van der Waals surface area contributed by atoms with E-state index >= 15 is 0 Å². The molecule has 1 fully saturated rings. The number of hydrogen-bond donors (Lipinski definition) is 1. The van der Waals surface area contributed by atoms with Gasteiger partial charge in [0.05, 0.1) is 11.6 Å². The number of nitrogens with zero attached hydrogens (tertiary/aromatic N) is 3. The molecule has 2 heterocycles. The van der Waals surface area contributed by atoms with Crippen molar-refractivity contribution in [2.75, 3.05) is 32.7 Å². The van der Waals surface area contributed by atoms with Gasteiger partial charge >= 0.3 is 0 Å². The molecule has 144 valence electrons. The van der Waals surface area contributed by atoms with E-state index in [9.17, 15) is 18.4 Å². The predicted octanol–water partition coefficient (Wildman–Crippen LogP) is 1.99. The van der Waals surface area contributed by atoms with Gasteiger partial charge in [0.25, 0.3) is 5.91 Å². The Bertz CT molecular complexity index is 799. The molecule has 0 saturated carbocycles. The van der Waals surface area contributed by atoms with Gasteiger partial charge in [-0.2, -0.15) is 5.10 Å². The third kappa shape index (κ3) is 4.21. The number of aldehydes is 1. The summed E-state index contributed by atoms with van der Waals surface area (Å²) < 4.78 is 27.2. The molecule has 1 unspecified atom stereocenters. The topological polar surface area (TPSA) is 69.3 Å². The summed E-state index contributed by atoms with van der Waals surface area (Å²) in [6, 6.07) is 5.90. The van der Waals surface area contributed by atoms with Gasteiger partial charge in [0.15, 0.2) is 11.5 Å². The normalized spacial score (nSPS) is 16.3. The first-order chi connectivity index (χ1) is 13.0. The van der Waals surface area contributed by atoms with E-state index in [-0.39, 0.29) is 17.4 Å². The Labute approximate surface area is 156 Å². The number of aryl methyl sites for hydroxylation is 1. The Morgan fingerprint density at radius 1 is 1.22 bits per heavy atom. The molecule has 1 amide bonds. The van der Waals surface area contributed by atoms with E-state index in [1.807, 2.05) is 0 Å². The molecule has 0 bridgehead atoms. The smallest absolute Gasteiger partial charge is 0.277 e. The molecule has 1 aromatic carbocycles. The molecule has 27 heavy (non-hydrogen) atoms. The molecule has 1 aromatic heterocycles. The first-order valence-electron chi connectivity index (χ1n) is 8.98. The largest absolute Gasteiger partial charge is 0.335 e. The fourth-order valence-corrected chi connectivity index (χ4v) is 3.24. The van der Waals surface area contributed by atoms with Gasteiger partial charge in [0.1, 0.15) is 12.1 Å². The molecule has 1 atom stereocenters. The molecular formula is C19H22F2N4O2. The molecule has 8 heteroatoms. The van der Waals surface area contributed by atoms with Crippen molar-refractivity contribution in [3.63, 3.8) is 0 Å². The lowest BCUT2D eigenvalue weighted by Gasteiger charge is -2.35. The van der Waals surface area contributed by atoms with Crippen molar-refractivity contribution in [1.82, 2.24) is 20.0 Å². The van der Waals surface area contributed by atoms with E-state index < -0.39 is 11.7 Å². The Morgan fingerprint density at radius 2 is 1.89 bits per heavy atom. The number of rotatable bonds is 6. The highest BCUT2D eigenvalue weighted by atomic mass is 19.1. The fourth-order valence-electron chi connectivity index (χ4n) is 3.24. The number of aromatic amines is 1. The summed E-state index contributed by atoms with van der Waals surface area (Å²) in [6.07, 6.45) is 1.30. The number of halogens is 2. The number of carbonyl (C=O) groups is 2. The first kappa shape index (κ1) is 19.2. The average molecular weight is 376 g/mol. The van der Waals surface area contributed by atoms with Crippen LogP contribution in [-0.2, 0) is 11.2 Å². The molecule has 0 spiro atoms. The number of benzene rings is 1. The zero-order valence-corrected chi connectivity index (χ0v) is 15.1. The van der Waals surface area contributed by atoms with Gasteiger partial charge < -0.3 is 9.69 Å². The minimum absolute atomic E-state index is 0.169. The summed E-state index contributed by atoms with van der Waals surface area (Å²) in [4.78, 5) is 27.6. The summed E-state index contributed by atoms with van der Waals surface area (Å²) in [5, 5.41) is 6.37. The SMILES string of the molecule is CCc1[nH]nc(C(=O)N2CCN(CC(C=O)c3ccc(F)cc3)CC2)c1F. The number of amides is 1. The molecule has 3 rings (SSSR count). The van der Waals surface area contributed by atoms with Gasteiger partial charge in [-0.15, -0.1) is 0 Å². The minimum Gasteiger partial charge on any atom is -0.335 e. The molecule has 0 aliphatic carbocycles. The fraction of sp³-hybridized carbons (Fsp3) is 0.421. The Hall–Kier alpha value is -2.61. The first-order valence-corrected chi connectivity index (χ1v) is 8.98. The summed E-state index contributed by atoms with van der Waals surface area (Å²) in [6.45, 7) is 4.29. The molecule has 1 aliphatic heterocycles. The zero-order chi connectivity index (χ0) is 19.4. The van der Waals surface area contributed by atoms with Crippen molar-refractivity contribution in [3.05, 3.63) is 52.9 Å². The number of piperazine rings is 1. The lowest BCUT2D eigenvalue weighted by atomic mass is 9.99. The highest BCUT2D eigenvalue weighted by molar-refractivity contribution is 5.92. The number of H-pyrrole nitrogens is 1. The summed E-state index contributed by atoms with van der Waals surface area (Å²) in [7, 11) is 0. The number of hydrogen-bond acceptors (Lipinski definition) is 4. The van der Waals surface area contributed by atoms with Crippen molar-refractivity contribution in [2.24, 2.45) is 0 Å². The molecule has 1 aliphatic rings. The quantitative estimate of drug-likeness (QED) is 0.783. The molecule has 1 saturated heterocycles. The van der Waals surface area contributed by atoms with Gasteiger partial charge in [-0.1, -0.05) is 19.1 Å². The predicted molar refractivity (Wildman–Crippen MR) is 95.5 cm³/mol. The van der Waals surface area contributed by atoms with Crippen LogP contribution in [0.25, 0.3) is 0 Å². The monoisotopic (exact) mass is 376 g/mol. The van der Waals surface area contributed by atoms with Crippen molar-refractivity contribution < 1.29 is 18.4 Å². The van der Waals surface area contributed by atoms with Gasteiger partial charge in [-0.05, 0) is 24.1 Å². The zero-order valence-electron chi connectivity index (χ0n) is 15.1. The van der Waals surface area contributed by atoms with E-state index in [1.165, 1.54) is 12.1 Å². The second kappa shape index (κ2) is 8.39. The van der Waals surface area contributed by atoms with Gasteiger partial charge in [-0.25, -0.2) is 8.78 Å². The highest BCUT2D eigenvalue weighted by Gasteiger charge is 2.28. The average Bonchev–Trinajstić information content (AvgIpc) is 3.07. The van der Waals surface area contributed by atoms with E-state index in [0.717, 1.165) is 11.8 Å². The molecule has 1 N–H and O–H groups in total.